The molecule has 0 fully saturated rings. The van der Waals surface area contributed by atoms with E-state index in [4.69, 9.17) is 0 Å². The monoisotopic (exact) mass is 179 g/mol. The average molecular weight is 179 g/mol. The van der Waals surface area contributed by atoms with Crippen LogP contribution in [-0.2, 0) is 6.42 Å². The van der Waals surface area contributed by atoms with E-state index < -0.39 is 0 Å². The quantitative estimate of drug-likeness (QED) is 0.640. The highest BCUT2D eigenvalue weighted by atomic mass is 15.0. The van der Waals surface area contributed by atoms with Crippen LogP contribution in [0, 0.1) is 6.92 Å². The molecule has 0 spiro atoms. The molecular formula is C12H21N. The molecule has 0 saturated heterocycles. The Kier molecular flexibility index (Phi) is 6.25. The second-order valence-corrected chi connectivity index (χ2v) is 3.68. The van der Waals surface area contributed by atoms with Gasteiger partial charge in [-0.1, -0.05) is 36.8 Å². The molecule has 0 unspecified atom stereocenters. The van der Waals surface area contributed by atoms with Gasteiger partial charge in [0.1, 0.15) is 0 Å². The fourth-order valence-corrected chi connectivity index (χ4v) is 0.824. The number of rotatable bonds is 1. The van der Waals surface area contributed by atoms with Gasteiger partial charge < -0.3 is 4.90 Å². The predicted molar refractivity (Wildman–Crippen MR) is 60.2 cm³/mol. The van der Waals surface area contributed by atoms with Crippen molar-refractivity contribution < 1.29 is 0 Å². The molecule has 0 saturated carbocycles. The van der Waals surface area contributed by atoms with Crippen molar-refractivity contribution in [2.75, 3.05) is 21.1 Å². The van der Waals surface area contributed by atoms with E-state index in [0.717, 1.165) is 6.42 Å². The van der Waals surface area contributed by atoms with Gasteiger partial charge in [0.25, 0.3) is 0 Å². The highest BCUT2D eigenvalue weighted by Gasteiger charge is 1.84. The van der Waals surface area contributed by atoms with Gasteiger partial charge in [0, 0.05) is 0 Å². The Hall–Kier alpha value is -0.820. The molecule has 0 radical (unpaired) electrons. The summed E-state index contributed by atoms with van der Waals surface area (Å²) >= 11 is 0. The smallest absolute Gasteiger partial charge is 0.0140 e. The Morgan fingerprint density at radius 1 is 1.00 bits per heavy atom. The van der Waals surface area contributed by atoms with Crippen LogP contribution < -0.4 is 0 Å². The summed E-state index contributed by atoms with van der Waals surface area (Å²) in [6, 6.07) is 8.66. The van der Waals surface area contributed by atoms with E-state index in [9.17, 15) is 0 Å². The van der Waals surface area contributed by atoms with Crippen molar-refractivity contribution in [2.24, 2.45) is 0 Å². The van der Waals surface area contributed by atoms with Gasteiger partial charge in [-0.25, -0.2) is 0 Å². The van der Waals surface area contributed by atoms with Crippen molar-refractivity contribution >= 4 is 0 Å². The Morgan fingerprint density at radius 3 is 1.69 bits per heavy atom. The molecule has 0 aromatic heterocycles. The third-order valence-electron chi connectivity index (χ3n) is 1.53. The van der Waals surface area contributed by atoms with Crippen molar-refractivity contribution in [1.29, 1.82) is 0 Å². The van der Waals surface area contributed by atoms with Crippen LogP contribution in [0.1, 0.15) is 18.1 Å². The van der Waals surface area contributed by atoms with Gasteiger partial charge in [-0.15, -0.1) is 0 Å². The van der Waals surface area contributed by atoms with Gasteiger partial charge in [0.15, 0.2) is 0 Å². The molecular weight excluding hydrogens is 158 g/mol. The molecule has 1 aromatic rings. The molecule has 0 heterocycles. The minimum absolute atomic E-state index is 1.14. The Balaban J connectivity index is 0.000000310. The Morgan fingerprint density at radius 2 is 1.38 bits per heavy atom. The summed E-state index contributed by atoms with van der Waals surface area (Å²) in [7, 11) is 6.00. The summed E-state index contributed by atoms with van der Waals surface area (Å²) in [5.74, 6) is 0. The zero-order chi connectivity index (χ0) is 10.3. The van der Waals surface area contributed by atoms with Gasteiger partial charge in [-0.3, -0.25) is 0 Å². The normalized spacial score (nSPS) is 9.38. The zero-order valence-corrected chi connectivity index (χ0v) is 9.46. The van der Waals surface area contributed by atoms with Crippen LogP contribution >= 0.6 is 0 Å². The highest BCUT2D eigenvalue weighted by molar-refractivity contribution is 5.20. The van der Waals surface area contributed by atoms with Crippen LogP contribution in [0.15, 0.2) is 24.3 Å². The molecule has 1 rings (SSSR count). The number of benzene rings is 1. The SMILES string of the molecule is CCc1ccc(C)cc1.CN(C)C. The Bertz CT molecular complexity index is 208. The van der Waals surface area contributed by atoms with Crippen molar-refractivity contribution in [1.82, 2.24) is 4.90 Å². The molecule has 13 heavy (non-hydrogen) atoms. The highest BCUT2D eigenvalue weighted by Crippen LogP contribution is 2.02. The number of hydrogen-bond donors (Lipinski definition) is 0. The standard InChI is InChI=1S/C9H12.C3H9N/c1-3-9-6-4-8(2)5-7-9;1-4(2)3/h4-7H,3H2,1-2H3;1-3H3. The van der Waals surface area contributed by atoms with Crippen LogP contribution in [0.25, 0.3) is 0 Å². The average Bonchev–Trinajstić information content (AvgIpc) is 2.05. The van der Waals surface area contributed by atoms with Crippen LogP contribution in [0.3, 0.4) is 0 Å². The topological polar surface area (TPSA) is 3.24 Å². The fraction of sp³-hybridized carbons (Fsp3) is 0.500. The Labute approximate surface area is 82.4 Å². The second kappa shape index (κ2) is 6.67. The first-order chi connectivity index (χ1) is 6.06. The van der Waals surface area contributed by atoms with Gasteiger partial charge >= 0.3 is 0 Å². The van der Waals surface area contributed by atoms with Crippen molar-refractivity contribution in [3.05, 3.63) is 35.4 Å². The van der Waals surface area contributed by atoms with E-state index in [1.165, 1.54) is 11.1 Å². The lowest BCUT2D eigenvalue weighted by atomic mass is 10.1. The van der Waals surface area contributed by atoms with Gasteiger partial charge in [0.2, 0.25) is 0 Å². The summed E-state index contributed by atoms with van der Waals surface area (Å²) in [6.45, 7) is 4.28. The van der Waals surface area contributed by atoms with Gasteiger partial charge in [-0.05, 0) is 40.1 Å². The lowest BCUT2D eigenvalue weighted by Gasteiger charge is -1.94. The molecule has 0 bridgehead atoms. The van der Waals surface area contributed by atoms with E-state index in [1.807, 2.05) is 26.0 Å². The summed E-state index contributed by atoms with van der Waals surface area (Å²) in [5.41, 5.74) is 2.76. The van der Waals surface area contributed by atoms with Gasteiger partial charge in [-0.2, -0.15) is 0 Å². The van der Waals surface area contributed by atoms with Crippen LogP contribution in [-0.4, -0.2) is 26.0 Å². The largest absolute Gasteiger partial charge is 0.312 e. The van der Waals surface area contributed by atoms with E-state index in [0.29, 0.717) is 0 Å². The maximum Gasteiger partial charge on any atom is -0.0140 e. The first kappa shape index (κ1) is 12.2. The summed E-state index contributed by atoms with van der Waals surface area (Å²) < 4.78 is 0. The molecule has 1 nitrogen and oxygen atoms in total. The maximum atomic E-state index is 2.18. The summed E-state index contributed by atoms with van der Waals surface area (Å²) in [4.78, 5) is 2.00. The van der Waals surface area contributed by atoms with Crippen molar-refractivity contribution in [2.45, 2.75) is 20.3 Å². The molecule has 0 amide bonds. The van der Waals surface area contributed by atoms with Gasteiger partial charge in [0.05, 0.1) is 0 Å². The van der Waals surface area contributed by atoms with Crippen LogP contribution in [0.5, 0.6) is 0 Å². The van der Waals surface area contributed by atoms with Crippen LogP contribution in [0.2, 0.25) is 0 Å². The minimum atomic E-state index is 1.14. The lowest BCUT2D eigenvalue weighted by molar-refractivity contribution is 0.505. The lowest BCUT2D eigenvalue weighted by Crippen LogP contribution is -1.99. The molecule has 74 valence electrons. The van der Waals surface area contributed by atoms with Crippen molar-refractivity contribution in [3.8, 4) is 0 Å². The molecule has 0 N–H and O–H groups in total. The summed E-state index contributed by atoms with van der Waals surface area (Å²) in [6.07, 6.45) is 1.14. The number of nitrogens with zero attached hydrogens (tertiary/aromatic N) is 1. The van der Waals surface area contributed by atoms with E-state index in [1.54, 1.807) is 0 Å². The third kappa shape index (κ3) is 7.54. The molecule has 0 aliphatic carbocycles. The van der Waals surface area contributed by atoms with E-state index >= 15 is 0 Å². The minimum Gasteiger partial charge on any atom is -0.312 e. The molecule has 1 heteroatoms. The summed E-state index contributed by atoms with van der Waals surface area (Å²) in [5, 5.41) is 0. The predicted octanol–water partition coefficient (Wildman–Crippen LogP) is 2.74. The molecule has 0 atom stereocenters. The third-order valence-corrected chi connectivity index (χ3v) is 1.53. The first-order valence-electron chi connectivity index (χ1n) is 4.72. The number of aryl methyl sites for hydroxylation is 2. The maximum absolute atomic E-state index is 2.18. The molecule has 0 aliphatic heterocycles. The van der Waals surface area contributed by atoms with E-state index in [2.05, 4.69) is 38.1 Å². The van der Waals surface area contributed by atoms with Crippen LogP contribution in [0.4, 0.5) is 0 Å². The molecule has 1 aromatic carbocycles. The fourth-order valence-electron chi connectivity index (χ4n) is 0.824. The zero-order valence-electron chi connectivity index (χ0n) is 9.46. The second-order valence-electron chi connectivity index (χ2n) is 3.68. The number of hydrogen-bond acceptors (Lipinski definition) is 1. The molecule has 0 aliphatic rings. The van der Waals surface area contributed by atoms with Crippen molar-refractivity contribution in [3.63, 3.8) is 0 Å². The van der Waals surface area contributed by atoms with E-state index in [-0.39, 0.29) is 0 Å². The first-order valence-corrected chi connectivity index (χ1v) is 4.72.